The van der Waals surface area contributed by atoms with Crippen molar-refractivity contribution in [2.24, 2.45) is 0 Å². The van der Waals surface area contributed by atoms with Crippen LogP contribution >= 0.6 is 0 Å². The summed E-state index contributed by atoms with van der Waals surface area (Å²) >= 11 is 0. The van der Waals surface area contributed by atoms with Gasteiger partial charge < -0.3 is 15.4 Å². The number of nitrogens with zero attached hydrogens (tertiary/aromatic N) is 1. The lowest BCUT2D eigenvalue weighted by Crippen LogP contribution is -2.20. The number of para-hydroxylation sites is 1. The lowest BCUT2D eigenvalue weighted by atomic mass is 10.2. The number of rotatable bonds is 5. The number of anilines is 2. The number of benzene rings is 2. The molecule has 0 saturated heterocycles. The van der Waals surface area contributed by atoms with Gasteiger partial charge in [-0.05, 0) is 43.3 Å². The molecule has 0 aliphatic rings. The Hall–Kier alpha value is -3.41. The monoisotopic (exact) mass is 349 g/mol. The normalized spacial score (nSPS) is 10.4. The second-order valence-corrected chi connectivity index (χ2v) is 5.88. The predicted octanol–water partition coefficient (Wildman–Crippen LogP) is 3.52. The van der Waals surface area contributed by atoms with Gasteiger partial charge in [0.2, 0.25) is 5.91 Å². The molecule has 3 rings (SSSR count). The lowest BCUT2D eigenvalue weighted by Gasteiger charge is -2.10. The Labute approximate surface area is 151 Å². The van der Waals surface area contributed by atoms with E-state index in [0.717, 1.165) is 16.6 Å². The van der Waals surface area contributed by atoms with E-state index in [9.17, 15) is 9.59 Å². The maximum atomic E-state index is 12.1. The summed E-state index contributed by atoms with van der Waals surface area (Å²) in [5, 5.41) is 6.39. The summed E-state index contributed by atoms with van der Waals surface area (Å²) in [5.41, 5.74) is 2.92. The Bertz CT molecular complexity index is 952. The van der Waals surface area contributed by atoms with Crippen molar-refractivity contribution in [1.29, 1.82) is 0 Å². The zero-order valence-electron chi connectivity index (χ0n) is 14.6. The van der Waals surface area contributed by atoms with Crippen molar-refractivity contribution in [3.05, 3.63) is 60.3 Å². The fourth-order valence-corrected chi connectivity index (χ4v) is 2.51. The molecule has 3 aromatic rings. The van der Waals surface area contributed by atoms with Crippen LogP contribution in [0.15, 0.2) is 54.6 Å². The number of carbonyl (C=O) groups excluding carboxylic acids is 2. The van der Waals surface area contributed by atoms with Gasteiger partial charge in [0.1, 0.15) is 11.3 Å². The number of pyridine rings is 1. The Balaban J connectivity index is 1.62. The van der Waals surface area contributed by atoms with Crippen molar-refractivity contribution >= 4 is 34.1 Å². The molecule has 2 amide bonds. The van der Waals surface area contributed by atoms with Gasteiger partial charge in [0.25, 0.3) is 5.91 Å². The van der Waals surface area contributed by atoms with Crippen LogP contribution in [0, 0.1) is 6.92 Å². The van der Waals surface area contributed by atoms with Gasteiger partial charge in [-0.3, -0.25) is 9.59 Å². The quantitative estimate of drug-likeness (QED) is 0.738. The lowest BCUT2D eigenvalue weighted by molar-refractivity contribution is -0.118. The van der Waals surface area contributed by atoms with Crippen LogP contribution < -0.4 is 15.4 Å². The summed E-state index contributed by atoms with van der Waals surface area (Å²) in [6, 6.07) is 16.4. The maximum Gasteiger partial charge on any atom is 0.262 e. The molecule has 0 radical (unpaired) electrons. The molecule has 6 heteroatoms. The molecule has 1 aromatic heterocycles. The van der Waals surface area contributed by atoms with Gasteiger partial charge >= 0.3 is 0 Å². The van der Waals surface area contributed by atoms with Crippen molar-refractivity contribution in [2.75, 3.05) is 17.2 Å². The number of fused-ring (bicyclic) bond motifs is 1. The Kier molecular flexibility index (Phi) is 5.12. The fourth-order valence-electron chi connectivity index (χ4n) is 2.51. The maximum absolute atomic E-state index is 12.1. The highest BCUT2D eigenvalue weighted by molar-refractivity contribution is 5.93. The molecule has 2 aromatic carbocycles. The minimum Gasteiger partial charge on any atom is -0.481 e. The summed E-state index contributed by atoms with van der Waals surface area (Å²) in [4.78, 5) is 27.6. The van der Waals surface area contributed by atoms with Crippen LogP contribution in [-0.2, 0) is 9.59 Å². The van der Waals surface area contributed by atoms with Crippen molar-refractivity contribution in [3.8, 4) is 5.75 Å². The van der Waals surface area contributed by atoms with E-state index in [-0.39, 0.29) is 18.4 Å². The molecule has 0 aliphatic carbocycles. The number of hydrogen-bond donors (Lipinski definition) is 2. The van der Waals surface area contributed by atoms with E-state index < -0.39 is 0 Å². The smallest absolute Gasteiger partial charge is 0.262 e. The van der Waals surface area contributed by atoms with Gasteiger partial charge in [-0.25, -0.2) is 4.98 Å². The van der Waals surface area contributed by atoms with Gasteiger partial charge in [0.05, 0.1) is 0 Å². The molecule has 0 fully saturated rings. The van der Waals surface area contributed by atoms with E-state index in [1.807, 2.05) is 31.2 Å². The molecular formula is C20H19N3O3. The first-order valence-electron chi connectivity index (χ1n) is 8.18. The SMILES string of the molecule is CC(=O)Nc1ccc(NC(=O)COc2cccc3ccc(C)nc23)cc1. The first-order chi connectivity index (χ1) is 12.5. The number of nitrogens with one attached hydrogen (secondary N) is 2. The molecule has 0 saturated carbocycles. The highest BCUT2D eigenvalue weighted by Crippen LogP contribution is 2.24. The number of aryl methyl sites for hydroxylation is 1. The van der Waals surface area contributed by atoms with Crippen LogP contribution in [-0.4, -0.2) is 23.4 Å². The summed E-state index contributed by atoms with van der Waals surface area (Å²) < 4.78 is 5.65. The summed E-state index contributed by atoms with van der Waals surface area (Å²) in [6.07, 6.45) is 0. The second-order valence-electron chi connectivity index (χ2n) is 5.88. The van der Waals surface area contributed by atoms with Crippen LogP contribution in [0.1, 0.15) is 12.6 Å². The molecule has 1 heterocycles. The van der Waals surface area contributed by atoms with Crippen molar-refractivity contribution in [1.82, 2.24) is 4.98 Å². The van der Waals surface area contributed by atoms with Gasteiger partial charge in [0, 0.05) is 29.4 Å². The topological polar surface area (TPSA) is 80.3 Å². The Morgan fingerprint density at radius 1 is 0.962 bits per heavy atom. The van der Waals surface area contributed by atoms with Crippen LogP contribution in [0.3, 0.4) is 0 Å². The van der Waals surface area contributed by atoms with Gasteiger partial charge in [-0.15, -0.1) is 0 Å². The largest absolute Gasteiger partial charge is 0.481 e. The molecule has 6 nitrogen and oxygen atoms in total. The van der Waals surface area contributed by atoms with Crippen molar-refractivity contribution in [3.63, 3.8) is 0 Å². The average molecular weight is 349 g/mol. The van der Waals surface area contributed by atoms with E-state index in [1.54, 1.807) is 30.3 Å². The minimum absolute atomic E-state index is 0.123. The summed E-state index contributed by atoms with van der Waals surface area (Å²) in [6.45, 7) is 3.23. The summed E-state index contributed by atoms with van der Waals surface area (Å²) in [7, 11) is 0. The molecule has 26 heavy (non-hydrogen) atoms. The van der Waals surface area contributed by atoms with E-state index in [0.29, 0.717) is 17.1 Å². The van der Waals surface area contributed by atoms with Gasteiger partial charge in [-0.2, -0.15) is 0 Å². The van der Waals surface area contributed by atoms with Crippen LogP contribution in [0.2, 0.25) is 0 Å². The van der Waals surface area contributed by atoms with Gasteiger partial charge in [0.15, 0.2) is 6.61 Å². The van der Waals surface area contributed by atoms with Crippen LogP contribution in [0.25, 0.3) is 10.9 Å². The van der Waals surface area contributed by atoms with Crippen molar-refractivity contribution < 1.29 is 14.3 Å². The third kappa shape index (κ3) is 4.36. The number of amides is 2. The number of carbonyl (C=O) groups is 2. The molecular weight excluding hydrogens is 330 g/mol. The fraction of sp³-hybridized carbons (Fsp3) is 0.150. The van der Waals surface area contributed by atoms with Crippen LogP contribution in [0.5, 0.6) is 5.75 Å². The molecule has 2 N–H and O–H groups in total. The molecule has 0 atom stereocenters. The zero-order chi connectivity index (χ0) is 18.5. The standard InChI is InChI=1S/C20H19N3O3/c1-13-6-7-15-4-3-5-18(20(15)21-13)26-12-19(25)23-17-10-8-16(9-11-17)22-14(2)24/h3-11H,12H2,1-2H3,(H,22,24)(H,23,25). The second kappa shape index (κ2) is 7.65. The molecule has 0 spiro atoms. The number of ether oxygens (including phenoxy) is 1. The van der Waals surface area contributed by atoms with E-state index in [2.05, 4.69) is 15.6 Å². The Morgan fingerprint density at radius 3 is 2.35 bits per heavy atom. The van der Waals surface area contributed by atoms with E-state index in [1.165, 1.54) is 6.92 Å². The molecule has 0 unspecified atom stereocenters. The minimum atomic E-state index is -0.276. The van der Waals surface area contributed by atoms with Crippen molar-refractivity contribution in [2.45, 2.75) is 13.8 Å². The summed E-state index contributed by atoms with van der Waals surface area (Å²) in [5.74, 6) is 0.151. The van der Waals surface area contributed by atoms with Gasteiger partial charge in [-0.1, -0.05) is 18.2 Å². The third-order valence-corrected chi connectivity index (χ3v) is 3.67. The first kappa shape index (κ1) is 17.4. The van der Waals surface area contributed by atoms with E-state index in [4.69, 9.17) is 4.74 Å². The first-order valence-corrected chi connectivity index (χ1v) is 8.18. The average Bonchev–Trinajstić information content (AvgIpc) is 2.61. The van der Waals surface area contributed by atoms with E-state index >= 15 is 0 Å². The highest BCUT2D eigenvalue weighted by Gasteiger charge is 2.08. The Morgan fingerprint density at radius 2 is 1.65 bits per heavy atom. The molecule has 132 valence electrons. The number of hydrogen-bond acceptors (Lipinski definition) is 4. The number of aromatic nitrogens is 1. The van der Waals surface area contributed by atoms with Crippen LogP contribution in [0.4, 0.5) is 11.4 Å². The zero-order valence-corrected chi connectivity index (χ0v) is 14.6. The highest BCUT2D eigenvalue weighted by atomic mass is 16.5. The third-order valence-electron chi connectivity index (χ3n) is 3.67. The molecule has 0 bridgehead atoms. The predicted molar refractivity (Wildman–Crippen MR) is 101 cm³/mol. The molecule has 0 aliphatic heterocycles.